The number of rotatable bonds is 9. The summed E-state index contributed by atoms with van der Waals surface area (Å²) in [6.45, 7) is 7.19. The van der Waals surface area contributed by atoms with E-state index in [2.05, 4.69) is 29.8 Å². The molecular weight excluding hydrogens is 242 g/mol. The van der Waals surface area contributed by atoms with Gasteiger partial charge in [0.25, 0.3) is 0 Å². The van der Waals surface area contributed by atoms with Crippen molar-refractivity contribution in [1.82, 2.24) is 16.0 Å². The second-order valence-corrected chi connectivity index (χ2v) is 5.26. The average Bonchev–Trinajstić information content (AvgIpc) is 3.24. The fourth-order valence-corrected chi connectivity index (χ4v) is 1.88. The predicted molar refractivity (Wildman–Crippen MR) is 75.7 cm³/mol. The van der Waals surface area contributed by atoms with E-state index in [0.29, 0.717) is 13.1 Å². The normalized spacial score (nSPS) is 16.2. The number of hydrogen-bond acceptors (Lipinski definition) is 3. The van der Waals surface area contributed by atoms with Gasteiger partial charge in [-0.2, -0.15) is 0 Å². The van der Waals surface area contributed by atoms with Gasteiger partial charge in [0, 0.05) is 25.0 Å². The average molecular weight is 269 g/mol. The van der Waals surface area contributed by atoms with Crippen LogP contribution in [-0.4, -0.2) is 37.0 Å². The third-order valence-electron chi connectivity index (χ3n) is 3.55. The summed E-state index contributed by atoms with van der Waals surface area (Å²) in [4.78, 5) is 23.2. The summed E-state index contributed by atoms with van der Waals surface area (Å²) in [7, 11) is 0. The van der Waals surface area contributed by atoms with E-state index in [4.69, 9.17) is 0 Å². The number of amides is 2. The van der Waals surface area contributed by atoms with Gasteiger partial charge >= 0.3 is 0 Å². The first-order valence-corrected chi connectivity index (χ1v) is 7.39. The van der Waals surface area contributed by atoms with E-state index in [1.54, 1.807) is 0 Å². The van der Waals surface area contributed by atoms with Gasteiger partial charge in [-0.15, -0.1) is 0 Å². The van der Waals surface area contributed by atoms with Crippen LogP contribution in [0.15, 0.2) is 0 Å². The summed E-state index contributed by atoms with van der Waals surface area (Å²) < 4.78 is 0. The molecule has 0 aromatic rings. The van der Waals surface area contributed by atoms with E-state index >= 15 is 0 Å². The Balaban J connectivity index is 2.10. The van der Waals surface area contributed by atoms with E-state index in [9.17, 15) is 9.59 Å². The van der Waals surface area contributed by atoms with Gasteiger partial charge in [0.05, 0.1) is 6.04 Å². The Hall–Kier alpha value is -1.10. The van der Waals surface area contributed by atoms with Gasteiger partial charge in [0.15, 0.2) is 0 Å². The van der Waals surface area contributed by atoms with Crippen molar-refractivity contribution in [2.75, 3.05) is 13.1 Å². The molecule has 1 atom stereocenters. The maximum absolute atomic E-state index is 11.9. The first-order chi connectivity index (χ1) is 9.08. The molecule has 0 heterocycles. The molecule has 0 saturated heterocycles. The molecule has 1 saturated carbocycles. The summed E-state index contributed by atoms with van der Waals surface area (Å²) in [6, 6.07) is 0.0322. The molecule has 0 radical (unpaired) electrons. The summed E-state index contributed by atoms with van der Waals surface area (Å²) >= 11 is 0. The maximum atomic E-state index is 11.9. The molecule has 3 N–H and O–H groups in total. The van der Waals surface area contributed by atoms with Crippen LogP contribution in [0.4, 0.5) is 0 Å². The Labute approximate surface area is 115 Å². The van der Waals surface area contributed by atoms with Crippen LogP contribution in [0.3, 0.4) is 0 Å². The Morgan fingerprint density at radius 3 is 2.32 bits per heavy atom. The highest BCUT2D eigenvalue weighted by Gasteiger charge is 2.29. The van der Waals surface area contributed by atoms with E-state index in [1.807, 2.05) is 6.92 Å². The van der Waals surface area contributed by atoms with Gasteiger partial charge < -0.3 is 16.0 Å². The summed E-state index contributed by atoms with van der Waals surface area (Å²) in [5.41, 5.74) is 0. The first-order valence-electron chi connectivity index (χ1n) is 7.39. The van der Waals surface area contributed by atoms with Crippen LogP contribution in [0.1, 0.15) is 46.5 Å². The molecule has 0 bridgehead atoms. The van der Waals surface area contributed by atoms with Crippen molar-refractivity contribution >= 4 is 11.8 Å². The van der Waals surface area contributed by atoms with Crippen molar-refractivity contribution < 1.29 is 9.59 Å². The number of nitrogens with one attached hydrogen (secondary N) is 3. The van der Waals surface area contributed by atoms with Gasteiger partial charge in [-0.3, -0.25) is 9.59 Å². The minimum absolute atomic E-state index is 0.0298. The molecule has 2 amide bonds. The Morgan fingerprint density at radius 2 is 1.79 bits per heavy atom. The molecule has 1 unspecified atom stereocenters. The molecule has 1 fully saturated rings. The van der Waals surface area contributed by atoms with Crippen LogP contribution in [0.2, 0.25) is 0 Å². The topological polar surface area (TPSA) is 70.2 Å². The SMILES string of the molecule is CCC(CC)NC(=O)C(C)NCCNC(=O)C1CC1. The number of carbonyl (C=O) groups excluding carboxylic acids is 2. The molecule has 0 aliphatic heterocycles. The summed E-state index contributed by atoms with van der Waals surface area (Å²) in [5, 5.41) is 9.00. The standard InChI is InChI=1S/C14H27N3O2/c1-4-12(5-2)17-13(18)10(3)15-8-9-16-14(19)11-6-7-11/h10-12,15H,4-9H2,1-3H3,(H,16,19)(H,17,18). The molecule has 1 rings (SSSR count). The predicted octanol–water partition coefficient (Wildman–Crippen LogP) is 0.796. The molecule has 0 spiro atoms. The minimum atomic E-state index is -0.224. The van der Waals surface area contributed by atoms with Crippen molar-refractivity contribution in [3.8, 4) is 0 Å². The maximum Gasteiger partial charge on any atom is 0.237 e. The first kappa shape index (κ1) is 16.0. The quantitative estimate of drug-likeness (QED) is 0.542. The van der Waals surface area contributed by atoms with Crippen molar-refractivity contribution in [3.05, 3.63) is 0 Å². The van der Waals surface area contributed by atoms with Gasteiger partial charge in [-0.25, -0.2) is 0 Å². The Bertz CT molecular complexity index is 299. The van der Waals surface area contributed by atoms with Gasteiger partial charge in [0.1, 0.15) is 0 Å². The minimum Gasteiger partial charge on any atom is -0.355 e. The lowest BCUT2D eigenvalue weighted by atomic mass is 10.1. The summed E-state index contributed by atoms with van der Waals surface area (Å²) in [6.07, 6.45) is 3.94. The van der Waals surface area contributed by atoms with Crippen molar-refractivity contribution in [2.24, 2.45) is 5.92 Å². The van der Waals surface area contributed by atoms with Crippen molar-refractivity contribution in [2.45, 2.75) is 58.5 Å². The van der Waals surface area contributed by atoms with Gasteiger partial charge in [-0.1, -0.05) is 13.8 Å². The smallest absolute Gasteiger partial charge is 0.237 e. The molecule has 0 aromatic heterocycles. The zero-order valence-electron chi connectivity index (χ0n) is 12.3. The molecule has 1 aliphatic carbocycles. The molecule has 0 aromatic carbocycles. The molecule has 110 valence electrons. The fourth-order valence-electron chi connectivity index (χ4n) is 1.88. The largest absolute Gasteiger partial charge is 0.355 e. The van der Waals surface area contributed by atoms with Crippen LogP contribution in [-0.2, 0) is 9.59 Å². The Morgan fingerprint density at radius 1 is 1.16 bits per heavy atom. The van der Waals surface area contributed by atoms with Crippen LogP contribution in [0.25, 0.3) is 0 Å². The van der Waals surface area contributed by atoms with E-state index in [1.165, 1.54) is 0 Å². The Kier molecular flexibility index (Phi) is 6.84. The lowest BCUT2D eigenvalue weighted by Gasteiger charge is -2.19. The van der Waals surface area contributed by atoms with Crippen molar-refractivity contribution in [1.29, 1.82) is 0 Å². The monoisotopic (exact) mass is 269 g/mol. The van der Waals surface area contributed by atoms with E-state index < -0.39 is 0 Å². The molecule has 5 heteroatoms. The van der Waals surface area contributed by atoms with Crippen LogP contribution >= 0.6 is 0 Å². The number of hydrogen-bond donors (Lipinski definition) is 3. The zero-order valence-corrected chi connectivity index (χ0v) is 12.3. The van der Waals surface area contributed by atoms with Crippen LogP contribution < -0.4 is 16.0 Å². The van der Waals surface area contributed by atoms with Gasteiger partial charge in [-0.05, 0) is 32.6 Å². The zero-order chi connectivity index (χ0) is 14.3. The highest BCUT2D eigenvalue weighted by atomic mass is 16.2. The van der Waals surface area contributed by atoms with Crippen molar-refractivity contribution in [3.63, 3.8) is 0 Å². The van der Waals surface area contributed by atoms with Gasteiger partial charge in [0.2, 0.25) is 11.8 Å². The van der Waals surface area contributed by atoms with E-state index in [-0.39, 0.29) is 29.8 Å². The van der Waals surface area contributed by atoms with Crippen LogP contribution in [0, 0.1) is 5.92 Å². The molecule has 19 heavy (non-hydrogen) atoms. The third kappa shape index (κ3) is 6.05. The highest BCUT2D eigenvalue weighted by molar-refractivity contribution is 5.81. The molecular formula is C14H27N3O2. The van der Waals surface area contributed by atoms with E-state index in [0.717, 1.165) is 25.7 Å². The second kappa shape index (κ2) is 8.15. The second-order valence-electron chi connectivity index (χ2n) is 5.26. The lowest BCUT2D eigenvalue weighted by Crippen LogP contribution is -2.47. The fraction of sp³-hybridized carbons (Fsp3) is 0.857. The summed E-state index contributed by atoms with van der Waals surface area (Å²) in [5.74, 6) is 0.425. The highest BCUT2D eigenvalue weighted by Crippen LogP contribution is 2.28. The van der Waals surface area contributed by atoms with Crippen LogP contribution in [0.5, 0.6) is 0 Å². The molecule has 5 nitrogen and oxygen atoms in total. The number of carbonyl (C=O) groups is 2. The third-order valence-corrected chi connectivity index (χ3v) is 3.55. The molecule has 1 aliphatic rings. The lowest BCUT2D eigenvalue weighted by molar-refractivity contribution is -0.123.